The standard InChI is InChI=1S/C15H23N3O3/c1-3-21-13-9-10(2)16-15(18-13)17-12-8-6-4-5-7-11(12)14(19)20/h9,11-12H,3-8H2,1-2H3,(H,19,20)(H,16,17,18). The number of carbonyl (C=O) groups is 1. The Labute approximate surface area is 124 Å². The summed E-state index contributed by atoms with van der Waals surface area (Å²) in [6.07, 6.45) is 4.62. The van der Waals surface area contributed by atoms with E-state index < -0.39 is 5.97 Å². The van der Waals surface area contributed by atoms with Gasteiger partial charge in [-0.1, -0.05) is 19.3 Å². The quantitative estimate of drug-likeness (QED) is 0.812. The van der Waals surface area contributed by atoms with Gasteiger partial charge in [0.05, 0.1) is 12.5 Å². The van der Waals surface area contributed by atoms with Crippen LogP contribution in [0.3, 0.4) is 0 Å². The number of nitrogens with one attached hydrogen (secondary N) is 1. The van der Waals surface area contributed by atoms with E-state index >= 15 is 0 Å². The summed E-state index contributed by atoms with van der Waals surface area (Å²) in [5.41, 5.74) is 0.802. The summed E-state index contributed by atoms with van der Waals surface area (Å²) in [7, 11) is 0. The molecule has 0 saturated heterocycles. The molecule has 1 aromatic rings. The number of aryl methyl sites for hydroxylation is 1. The molecule has 0 bridgehead atoms. The normalized spacial score (nSPS) is 22.4. The molecule has 0 radical (unpaired) electrons. The van der Waals surface area contributed by atoms with Crippen molar-refractivity contribution in [2.75, 3.05) is 11.9 Å². The maximum Gasteiger partial charge on any atom is 0.308 e. The first-order chi connectivity index (χ1) is 10.1. The van der Waals surface area contributed by atoms with Gasteiger partial charge in [0.15, 0.2) is 0 Å². The fraction of sp³-hybridized carbons (Fsp3) is 0.667. The van der Waals surface area contributed by atoms with E-state index in [1.807, 2.05) is 13.8 Å². The summed E-state index contributed by atoms with van der Waals surface area (Å²) in [6.45, 7) is 4.31. The minimum atomic E-state index is -0.743. The van der Waals surface area contributed by atoms with E-state index in [1.165, 1.54) is 0 Å². The van der Waals surface area contributed by atoms with E-state index in [-0.39, 0.29) is 12.0 Å². The van der Waals surface area contributed by atoms with Crippen LogP contribution in [0.25, 0.3) is 0 Å². The molecule has 1 heterocycles. The second kappa shape index (κ2) is 7.24. The van der Waals surface area contributed by atoms with Crippen molar-refractivity contribution in [2.24, 2.45) is 5.92 Å². The summed E-state index contributed by atoms with van der Waals surface area (Å²) < 4.78 is 5.41. The van der Waals surface area contributed by atoms with Crippen LogP contribution in [0.1, 0.15) is 44.7 Å². The van der Waals surface area contributed by atoms with Crippen molar-refractivity contribution in [3.8, 4) is 5.88 Å². The maximum absolute atomic E-state index is 11.4. The molecule has 6 nitrogen and oxygen atoms in total. The lowest BCUT2D eigenvalue weighted by molar-refractivity contribution is -0.142. The molecule has 2 unspecified atom stereocenters. The number of hydrogen-bond donors (Lipinski definition) is 2. The van der Waals surface area contributed by atoms with Gasteiger partial charge in [0.1, 0.15) is 0 Å². The first-order valence-corrected chi connectivity index (χ1v) is 7.58. The molecule has 1 aliphatic rings. The Morgan fingerprint density at radius 1 is 1.38 bits per heavy atom. The van der Waals surface area contributed by atoms with Crippen molar-refractivity contribution in [2.45, 2.75) is 52.0 Å². The number of ether oxygens (including phenoxy) is 1. The number of aromatic nitrogens is 2. The third-order valence-corrected chi connectivity index (χ3v) is 3.77. The summed E-state index contributed by atoms with van der Waals surface area (Å²) in [6, 6.07) is 1.65. The van der Waals surface area contributed by atoms with E-state index in [0.29, 0.717) is 24.9 Å². The molecule has 2 atom stereocenters. The molecule has 0 aliphatic heterocycles. The van der Waals surface area contributed by atoms with Gasteiger partial charge in [0.2, 0.25) is 11.8 Å². The minimum Gasteiger partial charge on any atom is -0.481 e. The Kier molecular flexibility index (Phi) is 5.36. The molecule has 0 amide bonds. The topological polar surface area (TPSA) is 84.3 Å². The highest BCUT2D eigenvalue weighted by Crippen LogP contribution is 2.26. The molecule has 1 aromatic heterocycles. The zero-order valence-electron chi connectivity index (χ0n) is 12.6. The Morgan fingerprint density at radius 3 is 2.86 bits per heavy atom. The Morgan fingerprint density at radius 2 is 2.14 bits per heavy atom. The number of nitrogens with zero attached hydrogens (tertiary/aromatic N) is 2. The predicted octanol–water partition coefficient (Wildman–Crippen LogP) is 2.63. The molecular formula is C15H23N3O3. The fourth-order valence-corrected chi connectivity index (χ4v) is 2.77. The van der Waals surface area contributed by atoms with Crippen molar-refractivity contribution < 1.29 is 14.6 Å². The van der Waals surface area contributed by atoms with Crippen molar-refractivity contribution in [1.82, 2.24) is 9.97 Å². The van der Waals surface area contributed by atoms with Crippen molar-refractivity contribution in [3.63, 3.8) is 0 Å². The second-order valence-corrected chi connectivity index (χ2v) is 5.44. The van der Waals surface area contributed by atoms with Crippen molar-refractivity contribution >= 4 is 11.9 Å². The SMILES string of the molecule is CCOc1cc(C)nc(NC2CCCCCC2C(=O)O)n1. The highest BCUT2D eigenvalue weighted by Gasteiger charge is 2.30. The monoisotopic (exact) mass is 293 g/mol. The zero-order valence-corrected chi connectivity index (χ0v) is 12.6. The maximum atomic E-state index is 11.4. The first-order valence-electron chi connectivity index (χ1n) is 7.58. The zero-order chi connectivity index (χ0) is 15.2. The lowest BCUT2D eigenvalue weighted by Gasteiger charge is -2.23. The lowest BCUT2D eigenvalue weighted by Crippen LogP contribution is -2.34. The Balaban J connectivity index is 2.15. The van der Waals surface area contributed by atoms with Crippen LogP contribution < -0.4 is 10.1 Å². The average Bonchev–Trinajstić information content (AvgIpc) is 2.64. The third kappa shape index (κ3) is 4.31. The Hall–Kier alpha value is -1.85. The number of carboxylic acids is 1. The second-order valence-electron chi connectivity index (χ2n) is 5.44. The van der Waals surface area contributed by atoms with Gasteiger partial charge in [-0.2, -0.15) is 4.98 Å². The lowest BCUT2D eigenvalue weighted by atomic mass is 9.95. The van der Waals surface area contributed by atoms with Crippen LogP contribution in [-0.4, -0.2) is 33.7 Å². The van der Waals surface area contributed by atoms with Gasteiger partial charge in [0.25, 0.3) is 0 Å². The molecule has 1 fully saturated rings. The van der Waals surface area contributed by atoms with Gasteiger partial charge in [0, 0.05) is 17.8 Å². The summed E-state index contributed by atoms with van der Waals surface area (Å²) >= 11 is 0. The van der Waals surface area contributed by atoms with Crippen LogP contribution in [0.2, 0.25) is 0 Å². The van der Waals surface area contributed by atoms with Crippen molar-refractivity contribution in [3.05, 3.63) is 11.8 Å². The number of rotatable bonds is 5. The van der Waals surface area contributed by atoms with Crippen LogP contribution >= 0.6 is 0 Å². The molecule has 116 valence electrons. The van der Waals surface area contributed by atoms with Gasteiger partial charge >= 0.3 is 5.97 Å². The minimum absolute atomic E-state index is 0.124. The molecule has 2 N–H and O–H groups in total. The number of carboxylic acid groups (broad SMARTS) is 1. The summed E-state index contributed by atoms with van der Waals surface area (Å²) in [4.78, 5) is 20.1. The van der Waals surface area contributed by atoms with Gasteiger partial charge in [-0.05, 0) is 26.7 Å². The third-order valence-electron chi connectivity index (χ3n) is 3.77. The largest absolute Gasteiger partial charge is 0.481 e. The molecule has 21 heavy (non-hydrogen) atoms. The van der Waals surface area contributed by atoms with E-state index in [1.54, 1.807) is 6.07 Å². The predicted molar refractivity (Wildman–Crippen MR) is 79.6 cm³/mol. The molecule has 1 aliphatic carbocycles. The summed E-state index contributed by atoms with van der Waals surface area (Å²) in [5.74, 6) is -0.149. The summed E-state index contributed by atoms with van der Waals surface area (Å²) in [5, 5.41) is 12.6. The van der Waals surface area contributed by atoms with Gasteiger partial charge in [-0.25, -0.2) is 4.98 Å². The van der Waals surface area contributed by atoms with Crippen LogP contribution in [-0.2, 0) is 4.79 Å². The molecular weight excluding hydrogens is 270 g/mol. The number of aliphatic carboxylic acids is 1. The first kappa shape index (κ1) is 15.5. The smallest absolute Gasteiger partial charge is 0.308 e. The van der Waals surface area contributed by atoms with Crippen molar-refractivity contribution in [1.29, 1.82) is 0 Å². The average molecular weight is 293 g/mol. The number of anilines is 1. The van der Waals surface area contributed by atoms with Crippen LogP contribution in [0.4, 0.5) is 5.95 Å². The molecule has 2 rings (SSSR count). The van der Waals surface area contributed by atoms with Crippen LogP contribution in [0.15, 0.2) is 6.07 Å². The fourth-order valence-electron chi connectivity index (χ4n) is 2.77. The molecule has 0 spiro atoms. The van der Waals surface area contributed by atoms with Crippen LogP contribution in [0, 0.1) is 12.8 Å². The van der Waals surface area contributed by atoms with Crippen LogP contribution in [0.5, 0.6) is 5.88 Å². The molecule has 1 saturated carbocycles. The van der Waals surface area contributed by atoms with Gasteiger partial charge < -0.3 is 15.2 Å². The molecule has 6 heteroatoms. The van der Waals surface area contributed by atoms with Gasteiger partial charge in [-0.15, -0.1) is 0 Å². The Bertz CT molecular complexity index is 493. The highest BCUT2D eigenvalue weighted by atomic mass is 16.5. The highest BCUT2D eigenvalue weighted by molar-refractivity contribution is 5.71. The van der Waals surface area contributed by atoms with Gasteiger partial charge in [-0.3, -0.25) is 4.79 Å². The van der Waals surface area contributed by atoms with E-state index in [4.69, 9.17) is 4.74 Å². The number of hydrogen-bond acceptors (Lipinski definition) is 5. The van der Waals surface area contributed by atoms with E-state index in [2.05, 4.69) is 15.3 Å². The van der Waals surface area contributed by atoms with E-state index in [0.717, 1.165) is 31.4 Å². The van der Waals surface area contributed by atoms with E-state index in [9.17, 15) is 9.90 Å². The molecule has 0 aromatic carbocycles.